The summed E-state index contributed by atoms with van der Waals surface area (Å²) >= 11 is 0. The van der Waals surface area contributed by atoms with Crippen molar-refractivity contribution in [2.75, 3.05) is 13.2 Å². The summed E-state index contributed by atoms with van der Waals surface area (Å²) in [7, 11) is 0. The van der Waals surface area contributed by atoms with E-state index in [1.165, 1.54) is 4.90 Å². The maximum atomic E-state index is 13.5. The van der Waals surface area contributed by atoms with Crippen LogP contribution in [0.25, 0.3) is 10.9 Å². The second-order valence-corrected chi connectivity index (χ2v) is 5.85. The summed E-state index contributed by atoms with van der Waals surface area (Å²) in [6.45, 7) is 2.82. The van der Waals surface area contributed by atoms with Crippen molar-refractivity contribution >= 4 is 16.8 Å². The standard InChI is InChI=1S/C17H21FN2O2/c1-2-19-9-12(15-5-3-4-6-16(15)19)7-17(22)20-10-13(18)8-14(20)11-21/h3-6,9,13-14,21H,2,7-8,10-11H2,1H3/t13-,14-/m0/s1. The van der Waals surface area contributed by atoms with E-state index in [-0.39, 0.29) is 37.9 Å². The number of fused-ring (bicyclic) bond motifs is 1. The van der Waals surface area contributed by atoms with E-state index < -0.39 is 6.17 Å². The molecule has 2 heterocycles. The molecule has 0 aliphatic carbocycles. The third-order valence-electron chi connectivity index (χ3n) is 4.45. The van der Waals surface area contributed by atoms with Gasteiger partial charge in [0, 0.05) is 30.1 Å². The SMILES string of the molecule is CCn1cc(CC(=O)N2C[C@@H](F)C[C@H]2CO)c2ccccc21. The van der Waals surface area contributed by atoms with E-state index in [4.69, 9.17) is 0 Å². The first kappa shape index (κ1) is 15.0. The molecule has 3 rings (SSSR count). The Labute approximate surface area is 129 Å². The highest BCUT2D eigenvalue weighted by molar-refractivity contribution is 5.89. The number of aliphatic hydroxyl groups is 1. The molecule has 118 valence electrons. The minimum absolute atomic E-state index is 0.0937. The monoisotopic (exact) mass is 304 g/mol. The summed E-state index contributed by atoms with van der Waals surface area (Å²) in [6, 6.07) is 7.60. The van der Waals surface area contributed by atoms with Crippen LogP contribution in [0.1, 0.15) is 18.9 Å². The van der Waals surface area contributed by atoms with E-state index in [9.17, 15) is 14.3 Å². The Kier molecular flexibility index (Phi) is 4.16. The summed E-state index contributed by atoms with van der Waals surface area (Å²) in [5.74, 6) is -0.113. The van der Waals surface area contributed by atoms with Crippen LogP contribution in [-0.2, 0) is 17.8 Å². The van der Waals surface area contributed by atoms with Gasteiger partial charge in [-0.1, -0.05) is 18.2 Å². The van der Waals surface area contributed by atoms with E-state index in [0.717, 1.165) is 23.0 Å². The number of aliphatic hydroxyl groups excluding tert-OH is 1. The number of likely N-dealkylation sites (tertiary alicyclic amines) is 1. The van der Waals surface area contributed by atoms with Crippen molar-refractivity contribution in [2.24, 2.45) is 0 Å². The van der Waals surface area contributed by atoms with Crippen LogP contribution in [0.2, 0.25) is 0 Å². The number of carbonyl (C=O) groups excluding carboxylic acids is 1. The number of halogens is 1. The van der Waals surface area contributed by atoms with E-state index in [0.29, 0.717) is 0 Å². The molecule has 1 amide bonds. The van der Waals surface area contributed by atoms with Crippen molar-refractivity contribution < 1.29 is 14.3 Å². The molecule has 0 radical (unpaired) electrons. The molecule has 0 unspecified atom stereocenters. The van der Waals surface area contributed by atoms with Crippen molar-refractivity contribution in [3.8, 4) is 0 Å². The third-order valence-corrected chi connectivity index (χ3v) is 4.45. The van der Waals surface area contributed by atoms with Gasteiger partial charge in [-0.05, 0) is 18.6 Å². The number of alkyl halides is 1. The Morgan fingerprint density at radius 1 is 1.41 bits per heavy atom. The molecule has 1 aliphatic heterocycles. The lowest BCUT2D eigenvalue weighted by Crippen LogP contribution is -2.38. The molecule has 2 aromatic rings. The largest absolute Gasteiger partial charge is 0.394 e. The maximum absolute atomic E-state index is 13.5. The molecule has 1 N–H and O–H groups in total. The zero-order valence-corrected chi connectivity index (χ0v) is 12.7. The van der Waals surface area contributed by atoms with Crippen LogP contribution in [0, 0.1) is 0 Å². The molecule has 1 aromatic carbocycles. The van der Waals surface area contributed by atoms with E-state index in [2.05, 4.69) is 11.5 Å². The number of rotatable bonds is 4. The average Bonchev–Trinajstić information content (AvgIpc) is 3.08. The Morgan fingerprint density at radius 3 is 2.91 bits per heavy atom. The highest BCUT2D eigenvalue weighted by Gasteiger charge is 2.34. The second kappa shape index (κ2) is 6.08. The third kappa shape index (κ3) is 2.61. The van der Waals surface area contributed by atoms with Gasteiger partial charge in [0.15, 0.2) is 0 Å². The number of para-hydroxylation sites is 1. The number of aryl methyl sites for hydroxylation is 1. The minimum Gasteiger partial charge on any atom is -0.394 e. The molecule has 2 atom stereocenters. The highest BCUT2D eigenvalue weighted by atomic mass is 19.1. The number of benzene rings is 1. The van der Waals surface area contributed by atoms with Gasteiger partial charge in [-0.2, -0.15) is 0 Å². The van der Waals surface area contributed by atoms with Crippen LogP contribution < -0.4 is 0 Å². The topological polar surface area (TPSA) is 45.5 Å². The molecule has 0 bridgehead atoms. The van der Waals surface area contributed by atoms with Crippen molar-refractivity contribution in [3.05, 3.63) is 36.0 Å². The molecule has 1 fully saturated rings. The maximum Gasteiger partial charge on any atom is 0.227 e. The Hall–Kier alpha value is -1.88. The first-order chi connectivity index (χ1) is 10.6. The van der Waals surface area contributed by atoms with E-state index in [1.54, 1.807) is 0 Å². The molecule has 1 aromatic heterocycles. The van der Waals surface area contributed by atoms with Crippen LogP contribution in [0.3, 0.4) is 0 Å². The lowest BCUT2D eigenvalue weighted by atomic mass is 10.1. The van der Waals surface area contributed by atoms with Gasteiger partial charge >= 0.3 is 0 Å². The first-order valence-corrected chi connectivity index (χ1v) is 7.75. The van der Waals surface area contributed by atoms with Gasteiger partial charge in [0.25, 0.3) is 0 Å². The summed E-state index contributed by atoms with van der Waals surface area (Å²) in [5, 5.41) is 10.4. The molecular formula is C17H21FN2O2. The molecule has 4 nitrogen and oxygen atoms in total. The Bertz CT molecular complexity index is 682. The number of nitrogens with zero attached hydrogens (tertiary/aromatic N) is 2. The molecular weight excluding hydrogens is 283 g/mol. The molecule has 1 saturated heterocycles. The predicted octanol–water partition coefficient (Wildman–Crippen LogP) is 2.13. The highest BCUT2D eigenvalue weighted by Crippen LogP contribution is 2.25. The van der Waals surface area contributed by atoms with Crippen molar-refractivity contribution in [3.63, 3.8) is 0 Å². The fraction of sp³-hybridized carbons (Fsp3) is 0.471. The fourth-order valence-electron chi connectivity index (χ4n) is 3.33. The molecule has 22 heavy (non-hydrogen) atoms. The van der Waals surface area contributed by atoms with Crippen LogP contribution in [0.4, 0.5) is 4.39 Å². The van der Waals surface area contributed by atoms with Gasteiger partial charge in [0.05, 0.1) is 25.6 Å². The van der Waals surface area contributed by atoms with E-state index >= 15 is 0 Å². The molecule has 5 heteroatoms. The quantitative estimate of drug-likeness (QED) is 0.940. The Balaban J connectivity index is 1.85. The van der Waals surface area contributed by atoms with Crippen LogP contribution in [-0.4, -0.2) is 45.8 Å². The molecule has 1 aliphatic rings. The van der Waals surface area contributed by atoms with Gasteiger partial charge in [0.2, 0.25) is 5.91 Å². The van der Waals surface area contributed by atoms with Crippen molar-refractivity contribution in [2.45, 2.75) is 38.5 Å². The Morgan fingerprint density at radius 2 is 2.18 bits per heavy atom. The van der Waals surface area contributed by atoms with Gasteiger partial charge < -0.3 is 14.6 Å². The fourth-order valence-corrected chi connectivity index (χ4v) is 3.33. The van der Waals surface area contributed by atoms with Crippen molar-refractivity contribution in [1.29, 1.82) is 0 Å². The number of aromatic nitrogens is 1. The van der Waals surface area contributed by atoms with Crippen LogP contribution in [0.5, 0.6) is 0 Å². The normalized spacial score (nSPS) is 21.7. The lowest BCUT2D eigenvalue weighted by Gasteiger charge is -2.22. The first-order valence-electron chi connectivity index (χ1n) is 7.75. The predicted molar refractivity (Wildman–Crippen MR) is 83.4 cm³/mol. The number of amides is 1. The number of carbonyl (C=O) groups is 1. The summed E-state index contributed by atoms with van der Waals surface area (Å²) in [6.07, 6.45) is 1.45. The van der Waals surface area contributed by atoms with Crippen molar-refractivity contribution in [1.82, 2.24) is 9.47 Å². The van der Waals surface area contributed by atoms with Crippen LogP contribution >= 0.6 is 0 Å². The average molecular weight is 304 g/mol. The summed E-state index contributed by atoms with van der Waals surface area (Å²) in [5.41, 5.74) is 2.07. The zero-order valence-electron chi connectivity index (χ0n) is 12.7. The summed E-state index contributed by atoms with van der Waals surface area (Å²) < 4.78 is 15.6. The number of hydrogen-bond acceptors (Lipinski definition) is 2. The van der Waals surface area contributed by atoms with Gasteiger partial charge in [-0.25, -0.2) is 4.39 Å². The lowest BCUT2D eigenvalue weighted by molar-refractivity contribution is -0.132. The van der Waals surface area contributed by atoms with Gasteiger partial charge in [0.1, 0.15) is 6.17 Å². The number of hydrogen-bond donors (Lipinski definition) is 1. The molecule has 0 saturated carbocycles. The van der Waals surface area contributed by atoms with E-state index in [1.807, 2.05) is 30.5 Å². The van der Waals surface area contributed by atoms with Crippen LogP contribution in [0.15, 0.2) is 30.5 Å². The van der Waals surface area contributed by atoms with Gasteiger partial charge in [-0.3, -0.25) is 4.79 Å². The molecule has 0 spiro atoms. The van der Waals surface area contributed by atoms with Gasteiger partial charge in [-0.15, -0.1) is 0 Å². The summed E-state index contributed by atoms with van der Waals surface area (Å²) in [4.78, 5) is 14.0. The zero-order chi connectivity index (χ0) is 15.7. The minimum atomic E-state index is -1.03. The smallest absolute Gasteiger partial charge is 0.227 e. The second-order valence-electron chi connectivity index (χ2n) is 5.85.